The SMILES string of the molecule is CC(C)CCOc1ccc(C(=O)N2CCCC2CN)cc1. The van der Waals surface area contributed by atoms with Gasteiger partial charge in [-0.2, -0.15) is 0 Å². The molecule has 0 spiro atoms. The monoisotopic (exact) mass is 290 g/mol. The fourth-order valence-electron chi connectivity index (χ4n) is 2.62. The van der Waals surface area contributed by atoms with E-state index in [2.05, 4.69) is 13.8 Å². The summed E-state index contributed by atoms with van der Waals surface area (Å²) in [6.07, 6.45) is 3.09. The number of carbonyl (C=O) groups excluding carboxylic acids is 1. The number of hydrogen-bond donors (Lipinski definition) is 1. The van der Waals surface area contributed by atoms with Gasteiger partial charge in [-0.1, -0.05) is 13.8 Å². The van der Waals surface area contributed by atoms with Crippen LogP contribution in [-0.4, -0.2) is 36.5 Å². The third-order valence-electron chi connectivity index (χ3n) is 3.98. The minimum absolute atomic E-state index is 0.0803. The zero-order valence-corrected chi connectivity index (χ0v) is 13.0. The van der Waals surface area contributed by atoms with E-state index < -0.39 is 0 Å². The van der Waals surface area contributed by atoms with E-state index >= 15 is 0 Å². The summed E-state index contributed by atoms with van der Waals surface area (Å²) in [7, 11) is 0. The van der Waals surface area contributed by atoms with Crippen LogP contribution in [0.3, 0.4) is 0 Å². The van der Waals surface area contributed by atoms with Gasteiger partial charge < -0.3 is 15.4 Å². The van der Waals surface area contributed by atoms with Crippen molar-refractivity contribution >= 4 is 5.91 Å². The maximum Gasteiger partial charge on any atom is 0.254 e. The molecule has 0 bridgehead atoms. The molecule has 0 radical (unpaired) electrons. The van der Waals surface area contributed by atoms with Crippen LogP contribution >= 0.6 is 0 Å². The Morgan fingerprint density at radius 1 is 1.38 bits per heavy atom. The lowest BCUT2D eigenvalue weighted by Crippen LogP contribution is -2.39. The van der Waals surface area contributed by atoms with Crippen LogP contribution in [0.4, 0.5) is 0 Å². The number of nitrogens with two attached hydrogens (primary N) is 1. The zero-order valence-electron chi connectivity index (χ0n) is 13.0. The molecule has 0 aliphatic carbocycles. The molecule has 4 heteroatoms. The number of benzene rings is 1. The Morgan fingerprint density at radius 3 is 2.71 bits per heavy atom. The third kappa shape index (κ3) is 4.21. The Morgan fingerprint density at radius 2 is 2.10 bits per heavy atom. The van der Waals surface area contributed by atoms with E-state index in [0.717, 1.165) is 31.6 Å². The van der Waals surface area contributed by atoms with E-state index in [4.69, 9.17) is 10.5 Å². The minimum atomic E-state index is 0.0803. The van der Waals surface area contributed by atoms with Crippen LogP contribution in [0.15, 0.2) is 24.3 Å². The normalized spacial score (nSPS) is 18.3. The average molecular weight is 290 g/mol. The number of ether oxygens (including phenoxy) is 1. The highest BCUT2D eigenvalue weighted by Gasteiger charge is 2.28. The molecular formula is C17H26N2O2. The maximum atomic E-state index is 12.5. The van der Waals surface area contributed by atoms with Gasteiger partial charge in [-0.25, -0.2) is 0 Å². The molecule has 116 valence electrons. The molecule has 2 N–H and O–H groups in total. The van der Waals surface area contributed by atoms with E-state index in [1.807, 2.05) is 29.2 Å². The average Bonchev–Trinajstić information content (AvgIpc) is 2.95. The first kappa shape index (κ1) is 15.8. The summed E-state index contributed by atoms with van der Waals surface area (Å²) in [5.74, 6) is 1.54. The van der Waals surface area contributed by atoms with Crippen LogP contribution in [0.1, 0.15) is 43.5 Å². The summed E-state index contributed by atoms with van der Waals surface area (Å²) in [4.78, 5) is 14.4. The lowest BCUT2D eigenvalue weighted by molar-refractivity contribution is 0.0741. The van der Waals surface area contributed by atoms with Crippen molar-refractivity contribution in [1.82, 2.24) is 4.90 Å². The maximum absolute atomic E-state index is 12.5. The first-order valence-corrected chi connectivity index (χ1v) is 7.85. The van der Waals surface area contributed by atoms with Crippen molar-refractivity contribution in [3.63, 3.8) is 0 Å². The molecule has 1 amide bonds. The molecule has 21 heavy (non-hydrogen) atoms. The first-order chi connectivity index (χ1) is 10.1. The van der Waals surface area contributed by atoms with Crippen LogP contribution < -0.4 is 10.5 Å². The van der Waals surface area contributed by atoms with Crippen molar-refractivity contribution in [3.8, 4) is 5.75 Å². The summed E-state index contributed by atoms with van der Waals surface area (Å²) in [6.45, 7) is 6.42. The second-order valence-corrected chi connectivity index (χ2v) is 6.09. The van der Waals surface area contributed by atoms with Gasteiger partial charge in [-0.05, 0) is 49.4 Å². The van der Waals surface area contributed by atoms with E-state index in [0.29, 0.717) is 24.6 Å². The van der Waals surface area contributed by atoms with Crippen molar-refractivity contribution < 1.29 is 9.53 Å². The van der Waals surface area contributed by atoms with Gasteiger partial charge in [0.2, 0.25) is 0 Å². The highest BCUT2D eigenvalue weighted by Crippen LogP contribution is 2.21. The number of likely N-dealkylation sites (tertiary alicyclic amines) is 1. The fourth-order valence-corrected chi connectivity index (χ4v) is 2.62. The van der Waals surface area contributed by atoms with E-state index in [-0.39, 0.29) is 11.9 Å². The van der Waals surface area contributed by atoms with Crippen LogP contribution in [-0.2, 0) is 0 Å². The Labute approximate surface area is 127 Å². The molecule has 2 rings (SSSR count). The lowest BCUT2D eigenvalue weighted by Gasteiger charge is -2.23. The van der Waals surface area contributed by atoms with Gasteiger partial charge in [-0.3, -0.25) is 4.79 Å². The summed E-state index contributed by atoms with van der Waals surface area (Å²) in [5.41, 5.74) is 6.44. The van der Waals surface area contributed by atoms with E-state index in [9.17, 15) is 4.79 Å². The van der Waals surface area contributed by atoms with Gasteiger partial charge in [0.15, 0.2) is 0 Å². The Bertz CT molecular complexity index is 456. The lowest BCUT2D eigenvalue weighted by atomic mass is 10.1. The molecule has 0 saturated carbocycles. The Hall–Kier alpha value is -1.55. The van der Waals surface area contributed by atoms with Crippen LogP contribution in [0, 0.1) is 5.92 Å². The Kier molecular flexibility index (Phi) is 5.62. The van der Waals surface area contributed by atoms with Crippen molar-refractivity contribution in [2.24, 2.45) is 11.7 Å². The molecule has 1 aromatic carbocycles. The predicted octanol–water partition coefficient (Wildman–Crippen LogP) is 2.67. The highest BCUT2D eigenvalue weighted by molar-refractivity contribution is 5.94. The molecule has 1 saturated heterocycles. The molecule has 1 fully saturated rings. The fraction of sp³-hybridized carbons (Fsp3) is 0.588. The highest BCUT2D eigenvalue weighted by atomic mass is 16.5. The van der Waals surface area contributed by atoms with Gasteiger partial charge in [0.1, 0.15) is 5.75 Å². The van der Waals surface area contributed by atoms with Crippen molar-refractivity contribution in [1.29, 1.82) is 0 Å². The van der Waals surface area contributed by atoms with Crippen molar-refractivity contribution in [2.45, 2.75) is 39.2 Å². The van der Waals surface area contributed by atoms with Crippen LogP contribution in [0.2, 0.25) is 0 Å². The summed E-state index contributed by atoms with van der Waals surface area (Å²) < 4.78 is 5.67. The molecular weight excluding hydrogens is 264 g/mol. The number of amides is 1. The van der Waals surface area contributed by atoms with Crippen LogP contribution in [0.25, 0.3) is 0 Å². The van der Waals surface area contributed by atoms with Gasteiger partial charge >= 0.3 is 0 Å². The zero-order chi connectivity index (χ0) is 15.2. The molecule has 1 unspecified atom stereocenters. The Balaban J connectivity index is 1.93. The number of rotatable bonds is 6. The molecule has 0 aromatic heterocycles. The number of hydrogen-bond acceptors (Lipinski definition) is 3. The summed E-state index contributed by atoms with van der Waals surface area (Å²) >= 11 is 0. The van der Waals surface area contributed by atoms with Crippen molar-refractivity contribution in [3.05, 3.63) is 29.8 Å². The second kappa shape index (κ2) is 7.46. The van der Waals surface area contributed by atoms with Gasteiger partial charge in [-0.15, -0.1) is 0 Å². The van der Waals surface area contributed by atoms with E-state index in [1.54, 1.807) is 0 Å². The minimum Gasteiger partial charge on any atom is -0.494 e. The standard InChI is InChI=1S/C17H26N2O2/c1-13(2)9-11-21-16-7-5-14(6-8-16)17(20)19-10-3-4-15(19)12-18/h5-8,13,15H,3-4,9-12,18H2,1-2H3. The molecule has 4 nitrogen and oxygen atoms in total. The molecule has 1 aliphatic rings. The van der Waals surface area contributed by atoms with Gasteiger partial charge in [0, 0.05) is 24.7 Å². The van der Waals surface area contributed by atoms with Crippen molar-refractivity contribution in [2.75, 3.05) is 19.7 Å². The van der Waals surface area contributed by atoms with Gasteiger partial charge in [0.25, 0.3) is 5.91 Å². The topological polar surface area (TPSA) is 55.6 Å². The molecule has 1 heterocycles. The quantitative estimate of drug-likeness (QED) is 0.876. The summed E-state index contributed by atoms with van der Waals surface area (Å²) in [5, 5.41) is 0. The number of carbonyl (C=O) groups is 1. The largest absolute Gasteiger partial charge is 0.494 e. The van der Waals surface area contributed by atoms with Gasteiger partial charge in [0.05, 0.1) is 6.61 Å². The number of nitrogens with zero attached hydrogens (tertiary/aromatic N) is 1. The second-order valence-electron chi connectivity index (χ2n) is 6.09. The third-order valence-corrected chi connectivity index (χ3v) is 3.98. The van der Waals surface area contributed by atoms with Crippen LogP contribution in [0.5, 0.6) is 5.75 Å². The molecule has 1 aromatic rings. The van der Waals surface area contributed by atoms with E-state index in [1.165, 1.54) is 0 Å². The molecule has 1 aliphatic heterocycles. The first-order valence-electron chi connectivity index (χ1n) is 7.85. The smallest absolute Gasteiger partial charge is 0.254 e. The molecule has 1 atom stereocenters. The predicted molar refractivity (Wildman–Crippen MR) is 84.5 cm³/mol. The summed E-state index contributed by atoms with van der Waals surface area (Å²) in [6, 6.07) is 7.64.